The van der Waals surface area contributed by atoms with Crippen molar-refractivity contribution in [1.82, 2.24) is 4.90 Å². The van der Waals surface area contributed by atoms with E-state index < -0.39 is 0 Å². The van der Waals surface area contributed by atoms with E-state index in [4.69, 9.17) is 14.2 Å². The lowest BCUT2D eigenvalue weighted by atomic mass is 9.96. The number of morpholine rings is 1. The summed E-state index contributed by atoms with van der Waals surface area (Å²) < 4.78 is 17.1. The summed E-state index contributed by atoms with van der Waals surface area (Å²) >= 11 is 0. The highest BCUT2D eigenvalue weighted by Gasteiger charge is 2.45. The van der Waals surface area contributed by atoms with Crippen LogP contribution in [0.5, 0.6) is 5.75 Å². The molecule has 2 heterocycles. The van der Waals surface area contributed by atoms with Gasteiger partial charge in [-0.15, -0.1) is 0 Å². The Labute approximate surface area is 153 Å². The molecule has 0 radical (unpaired) electrons. The van der Waals surface area contributed by atoms with Crippen molar-refractivity contribution < 1.29 is 19.0 Å². The summed E-state index contributed by atoms with van der Waals surface area (Å²) in [5.41, 5.74) is 1.74. The first-order valence-corrected chi connectivity index (χ1v) is 9.02. The normalized spacial score (nSPS) is 22.5. The molecule has 1 amide bonds. The molecule has 1 unspecified atom stereocenters. The molecular formula is C21H23NO4. The van der Waals surface area contributed by atoms with Crippen LogP contribution in [0.3, 0.4) is 0 Å². The van der Waals surface area contributed by atoms with Crippen molar-refractivity contribution >= 4 is 5.91 Å². The van der Waals surface area contributed by atoms with Gasteiger partial charge in [-0.1, -0.05) is 48.5 Å². The molecule has 2 fully saturated rings. The van der Waals surface area contributed by atoms with Gasteiger partial charge in [0.2, 0.25) is 0 Å². The zero-order valence-electron chi connectivity index (χ0n) is 14.7. The summed E-state index contributed by atoms with van der Waals surface area (Å²) in [6.45, 7) is 2.93. The number of carbonyl (C=O) groups is 1. The number of rotatable bonds is 4. The van der Waals surface area contributed by atoms with Crippen molar-refractivity contribution in [3.05, 3.63) is 54.6 Å². The average Bonchev–Trinajstić information content (AvgIpc) is 3.16. The third kappa shape index (κ3) is 3.32. The SMILES string of the molecule is O=C(COc1ccccc1-c1ccccc1)N1CCOCC12CCOC2. The van der Waals surface area contributed by atoms with E-state index in [9.17, 15) is 4.79 Å². The van der Waals surface area contributed by atoms with Gasteiger partial charge in [0.25, 0.3) is 5.91 Å². The lowest BCUT2D eigenvalue weighted by Crippen LogP contribution is -2.60. The van der Waals surface area contributed by atoms with E-state index in [-0.39, 0.29) is 18.1 Å². The minimum atomic E-state index is -0.322. The van der Waals surface area contributed by atoms with Gasteiger partial charge in [0.1, 0.15) is 5.75 Å². The van der Waals surface area contributed by atoms with E-state index in [1.165, 1.54) is 0 Å². The number of nitrogens with zero attached hydrogens (tertiary/aromatic N) is 1. The Balaban J connectivity index is 1.48. The minimum absolute atomic E-state index is 0.0123. The third-order valence-corrected chi connectivity index (χ3v) is 5.11. The van der Waals surface area contributed by atoms with Crippen LogP contribution < -0.4 is 4.74 Å². The summed E-state index contributed by atoms with van der Waals surface area (Å²) in [7, 11) is 0. The van der Waals surface area contributed by atoms with Crippen LogP contribution in [0.2, 0.25) is 0 Å². The van der Waals surface area contributed by atoms with Crippen LogP contribution in [0.1, 0.15) is 6.42 Å². The molecule has 2 saturated heterocycles. The Morgan fingerprint density at radius 1 is 1.00 bits per heavy atom. The molecule has 0 bridgehead atoms. The van der Waals surface area contributed by atoms with Gasteiger partial charge in [0.05, 0.1) is 25.4 Å². The number of amides is 1. The highest BCUT2D eigenvalue weighted by Crippen LogP contribution is 2.31. The van der Waals surface area contributed by atoms with Gasteiger partial charge in [-0.05, 0) is 18.1 Å². The van der Waals surface area contributed by atoms with E-state index in [0.29, 0.717) is 33.0 Å². The van der Waals surface area contributed by atoms with Gasteiger partial charge < -0.3 is 19.1 Å². The molecule has 4 rings (SSSR count). The fourth-order valence-corrected chi connectivity index (χ4v) is 3.71. The van der Waals surface area contributed by atoms with Gasteiger partial charge in [-0.25, -0.2) is 0 Å². The second-order valence-corrected chi connectivity index (χ2v) is 6.78. The second kappa shape index (κ2) is 7.48. The molecular weight excluding hydrogens is 330 g/mol. The van der Waals surface area contributed by atoms with Crippen LogP contribution >= 0.6 is 0 Å². The van der Waals surface area contributed by atoms with Crippen molar-refractivity contribution in [3.63, 3.8) is 0 Å². The Hall–Kier alpha value is -2.37. The Kier molecular flexibility index (Phi) is 4.91. The lowest BCUT2D eigenvalue weighted by Gasteiger charge is -2.43. The topological polar surface area (TPSA) is 48.0 Å². The number of para-hydroxylation sites is 1. The largest absolute Gasteiger partial charge is 0.483 e. The molecule has 0 N–H and O–H groups in total. The monoisotopic (exact) mass is 353 g/mol. The first kappa shape index (κ1) is 17.1. The minimum Gasteiger partial charge on any atom is -0.483 e. The molecule has 5 heteroatoms. The molecule has 2 aromatic carbocycles. The summed E-state index contributed by atoms with van der Waals surface area (Å²) in [4.78, 5) is 14.8. The average molecular weight is 353 g/mol. The van der Waals surface area contributed by atoms with Crippen molar-refractivity contribution in [1.29, 1.82) is 0 Å². The number of hydrogen-bond acceptors (Lipinski definition) is 4. The van der Waals surface area contributed by atoms with E-state index in [1.807, 2.05) is 59.5 Å². The fourth-order valence-electron chi connectivity index (χ4n) is 3.71. The standard InChI is InChI=1S/C21H23NO4/c23-20(22-11-13-25-16-21(22)10-12-24-15-21)14-26-19-9-5-4-8-18(19)17-6-2-1-3-7-17/h1-9H,10-16H2. The van der Waals surface area contributed by atoms with Crippen molar-refractivity contribution in [2.24, 2.45) is 0 Å². The maximum Gasteiger partial charge on any atom is 0.261 e. The Morgan fingerprint density at radius 2 is 1.73 bits per heavy atom. The Morgan fingerprint density at radius 3 is 2.54 bits per heavy atom. The summed E-state index contributed by atoms with van der Waals surface area (Å²) in [6.07, 6.45) is 0.819. The van der Waals surface area contributed by atoms with Crippen molar-refractivity contribution in [2.45, 2.75) is 12.0 Å². The van der Waals surface area contributed by atoms with Crippen molar-refractivity contribution in [3.8, 4) is 16.9 Å². The quantitative estimate of drug-likeness (QED) is 0.848. The predicted molar refractivity (Wildman–Crippen MR) is 98.1 cm³/mol. The molecule has 5 nitrogen and oxygen atoms in total. The maximum atomic E-state index is 12.9. The van der Waals surface area contributed by atoms with Crippen LogP contribution in [0.4, 0.5) is 0 Å². The molecule has 1 spiro atoms. The first-order valence-electron chi connectivity index (χ1n) is 9.02. The third-order valence-electron chi connectivity index (χ3n) is 5.11. The van der Waals surface area contributed by atoms with E-state index in [1.54, 1.807) is 0 Å². The number of carbonyl (C=O) groups excluding carboxylic acids is 1. The summed E-state index contributed by atoms with van der Waals surface area (Å²) in [5.74, 6) is 0.707. The van der Waals surface area contributed by atoms with Crippen molar-refractivity contribution in [2.75, 3.05) is 39.6 Å². The molecule has 2 aromatic rings. The summed E-state index contributed by atoms with van der Waals surface area (Å²) in [6, 6.07) is 17.9. The molecule has 2 aliphatic heterocycles. The van der Waals surface area contributed by atoms with Crippen LogP contribution in [-0.2, 0) is 14.3 Å². The van der Waals surface area contributed by atoms with Crippen LogP contribution in [0, 0.1) is 0 Å². The van der Waals surface area contributed by atoms with Crippen LogP contribution in [-0.4, -0.2) is 55.9 Å². The smallest absolute Gasteiger partial charge is 0.261 e. The van der Waals surface area contributed by atoms with E-state index in [2.05, 4.69) is 0 Å². The highest BCUT2D eigenvalue weighted by molar-refractivity contribution is 5.79. The van der Waals surface area contributed by atoms with Gasteiger partial charge in [-0.3, -0.25) is 4.79 Å². The van der Waals surface area contributed by atoms with Gasteiger partial charge in [-0.2, -0.15) is 0 Å². The molecule has 136 valence electrons. The molecule has 0 saturated carbocycles. The number of hydrogen-bond donors (Lipinski definition) is 0. The predicted octanol–water partition coefficient (Wildman–Crippen LogP) is 2.75. The van der Waals surface area contributed by atoms with Crippen LogP contribution in [0.15, 0.2) is 54.6 Å². The number of benzene rings is 2. The van der Waals surface area contributed by atoms with Gasteiger partial charge >= 0.3 is 0 Å². The fraction of sp³-hybridized carbons (Fsp3) is 0.381. The maximum absolute atomic E-state index is 12.9. The van der Waals surface area contributed by atoms with E-state index >= 15 is 0 Å². The molecule has 0 aromatic heterocycles. The Bertz CT molecular complexity index is 756. The zero-order chi connectivity index (χ0) is 17.8. The number of ether oxygens (including phenoxy) is 3. The van der Waals surface area contributed by atoms with Gasteiger partial charge in [0.15, 0.2) is 6.61 Å². The first-order chi connectivity index (χ1) is 12.8. The van der Waals surface area contributed by atoms with E-state index in [0.717, 1.165) is 23.3 Å². The zero-order valence-corrected chi connectivity index (χ0v) is 14.7. The molecule has 2 aliphatic rings. The van der Waals surface area contributed by atoms with Crippen LogP contribution in [0.25, 0.3) is 11.1 Å². The lowest BCUT2D eigenvalue weighted by molar-refractivity contribution is -0.151. The molecule has 0 aliphatic carbocycles. The highest BCUT2D eigenvalue weighted by atomic mass is 16.5. The van der Waals surface area contributed by atoms with Gasteiger partial charge in [0, 0.05) is 18.7 Å². The molecule has 26 heavy (non-hydrogen) atoms. The second-order valence-electron chi connectivity index (χ2n) is 6.78. The summed E-state index contributed by atoms with van der Waals surface area (Å²) in [5, 5.41) is 0. The molecule has 1 atom stereocenters.